The van der Waals surface area contributed by atoms with Gasteiger partial charge >= 0.3 is 0 Å². The van der Waals surface area contributed by atoms with Crippen LogP contribution in [-0.4, -0.2) is 52.2 Å². The number of H-pyrrole nitrogens is 1. The van der Waals surface area contributed by atoms with Gasteiger partial charge < -0.3 is 5.32 Å². The van der Waals surface area contributed by atoms with Gasteiger partial charge in [-0.25, -0.2) is 13.4 Å². The number of carbonyl (C=O) groups is 1. The summed E-state index contributed by atoms with van der Waals surface area (Å²) in [5, 5.41) is 9.70. The number of carbonyl (C=O) groups excluding carboxylic acids is 1. The maximum absolute atomic E-state index is 12.6. The number of nitrogens with zero attached hydrogens (tertiary/aromatic N) is 3. The van der Waals surface area contributed by atoms with Gasteiger partial charge in [0.25, 0.3) is 0 Å². The smallest absolute Gasteiger partial charge is 0.242 e. The van der Waals surface area contributed by atoms with Crippen LogP contribution in [0.1, 0.15) is 32.0 Å². The Kier molecular flexibility index (Phi) is 5.38. The molecule has 0 saturated carbocycles. The van der Waals surface area contributed by atoms with Crippen molar-refractivity contribution in [2.45, 2.75) is 39.2 Å². The third-order valence-electron chi connectivity index (χ3n) is 4.33. The second-order valence-electron chi connectivity index (χ2n) is 6.40. The summed E-state index contributed by atoms with van der Waals surface area (Å²) in [6.07, 6.45) is 1.78. The van der Waals surface area contributed by atoms with E-state index in [9.17, 15) is 13.2 Å². The third-order valence-corrected chi connectivity index (χ3v) is 6.41. The molecule has 1 unspecified atom stereocenters. The quantitative estimate of drug-likeness (QED) is 0.800. The number of aromatic nitrogens is 3. The highest BCUT2D eigenvalue weighted by Gasteiger charge is 2.38. The maximum Gasteiger partial charge on any atom is 0.242 e. The Hall–Kier alpha value is -2.26. The molecule has 1 saturated heterocycles. The molecule has 1 amide bonds. The lowest BCUT2D eigenvalue weighted by molar-refractivity contribution is -0.119. The summed E-state index contributed by atoms with van der Waals surface area (Å²) in [7, 11) is -3.38. The second-order valence-corrected chi connectivity index (χ2v) is 8.44. The van der Waals surface area contributed by atoms with Crippen molar-refractivity contribution >= 4 is 21.6 Å². The first kappa shape index (κ1) is 18.5. The van der Waals surface area contributed by atoms with Gasteiger partial charge in [0.2, 0.25) is 15.9 Å². The molecule has 9 heteroatoms. The summed E-state index contributed by atoms with van der Waals surface area (Å²) in [6, 6.07) is 6.52. The van der Waals surface area contributed by atoms with E-state index in [4.69, 9.17) is 0 Å². The first-order chi connectivity index (χ1) is 12.4. The molecule has 1 aliphatic heterocycles. The van der Waals surface area contributed by atoms with Gasteiger partial charge in [-0.15, -0.1) is 0 Å². The Labute approximate surface area is 153 Å². The minimum Gasteiger partial charge on any atom is -0.325 e. The fourth-order valence-electron chi connectivity index (χ4n) is 3.11. The van der Waals surface area contributed by atoms with Crippen LogP contribution in [0.2, 0.25) is 0 Å². The molecule has 26 heavy (non-hydrogen) atoms. The Morgan fingerprint density at radius 2 is 2.08 bits per heavy atom. The molecule has 1 atom stereocenters. The monoisotopic (exact) mass is 377 g/mol. The van der Waals surface area contributed by atoms with E-state index in [1.54, 1.807) is 12.1 Å². The van der Waals surface area contributed by atoms with Crippen LogP contribution in [0.25, 0.3) is 11.4 Å². The number of hydrogen-bond acceptors (Lipinski definition) is 5. The number of nitrogens with one attached hydrogen (secondary N) is 2. The molecule has 3 rings (SSSR count). The topological polar surface area (TPSA) is 108 Å². The zero-order chi connectivity index (χ0) is 18.7. The molecule has 140 valence electrons. The van der Waals surface area contributed by atoms with Crippen LogP contribution < -0.4 is 5.32 Å². The highest BCUT2D eigenvalue weighted by molar-refractivity contribution is 7.89. The summed E-state index contributed by atoms with van der Waals surface area (Å²) in [5.74, 6) is 1.10. The summed E-state index contributed by atoms with van der Waals surface area (Å²) in [6.45, 7) is 4.05. The average Bonchev–Trinajstić information content (AvgIpc) is 3.25. The van der Waals surface area contributed by atoms with Gasteiger partial charge in [-0.05, 0) is 50.5 Å². The van der Waals surface area contributed by atoms with Crippen molar-refractivity contribution < 1.29 is 13.2 Å². The van der Waals surface area contributed by atoms with Crippen LogP contribution in [0.5, 0.6) is 0 Å². The molecule has 8 nitrogen and oxygen atoms in total. The Morgan fingerprint density at radius 3 is 2.69 bits per heavy atom. The predicted molar refractivity (Wildman–Crippen MR) is 99.0 cm³/mol. The minimum absolute atomic E-state index is 0.0710. The number of anilines is 1. The highest BCUT2D eigenvalue weighted by atomic mass is 32.2. The van der Waals surface area contributed by atoms with Crippen LogP contribution in [0, 0.1) is 6.92 Å². The molecular formula is C17H23N5O3S. The normalized spacial score (nSPS) is 18.2. The average molecular weight is 377 g/mol. The molecule has 1 fully saturated rings. The van der Waals surface area contributed by atoms with E-state index in [1.165, 1.54) is 4.31 Å². The summed E-state index contributed by atoms with van der Waals surface area (Å²) >= 11 is 0. The van der Waals surface area contributed by atoms with Gasteiger partial charge in [-0.1, -0.05) is 6.92 Å². The van der Waals surface area contributed by atoms with Crippen molar-refractivity contribution in [1.82, 2.24) is 19.5 Å². The number of hydrogen-bond donors (Lipinski definition) is 2. The molecule has 1 aromatic heterocycles. The van der Waals surface area contributed by atoms with Crippen molar-refractivity contribution in [3.8, 4) is 11.4 Å². The zero-order valence-electron chi connectivity index (χ0n) is 14.9. The standard InChI is InChI=1S/C17H23N5O3S/c1-3-11-26(24,25)22-10-4-5-15(22)17(23)19-14-8-6-13(7-9-14)16-18-12(2)20-21-16/h6-9,15H,3-5,10-11H2,1-2H3,(H,19,23)(H,18,20,21). The summed E-state index contributed by atoms with van der Waals surface area (Å²) < 4.78 is 26.0. The van der Waals surface area contributed by atoms with Crippen LogP contribution >= 0.6 is 0 Å². The molecular weight excluding hydrogens is 354 g/mol. The fourth-order valence-corrected chi connectivity index (χ4v) is 4.86. The molecule has 0 spiro atoms. The number of rotatable bonds is 6. The molecule has 2 aromatic rings. The SMILES string of the molecule is CCCS(=O)(=O)N1CCCC1C(=O)Nc1ccc(-c2n[nH]c(C)n2)cc1. The van der Waals surface area contributed by atoms with E-state index >= 15 is 0 Å². The van der Waals surface area contributed by atoms with E-state index in [0.717, 1.165) is 11.4 Å². The molecule has 2 N–H and O–H groups in total. The third kappa shape index (κ3) is 3.94. The first-order valence-corrected chi connectivity index (χ1v) is 10.3. The minimum atomic E-state index is -3.38. The van der Waals surface area contributed by atoms with Crippen molar-refractivity contribution in [3.05, 3.63) is 30.1 Å². The lowest BCUT2D eigenvalue weighted by Crippen LogP contribution is -2.44. The van der Waals surface area contributed by atoms with E-state index < -0.39 is 16.1 Å². The van der Waals surface area contributed by atoms with Gasteiger partial charge in [0.1, 0.15) is 11.9 Å². The summed E-state index contributed by atoms with van der Waals surface area (Å²) in [5.41, 5.74) is 1.45. The number of aromatic amines is 1. The van der Waals surface area contributed by atoms with Crippen molar-refractivity contribution in [2.24, 2.45) is 0 Å². The lowest BCUT2D eigenvalue weighted by atomic mass is 10.1. The van der Waals surface area contributed by atoms with Gasteiger partial charge in [-0.2, -0.15) is 9.40 Å². The zero-order valence-corrected chi connectivity index (χ0v) is 15.7. The predicted octanol–water partition coefficient (Wildman–Crippen LogP) is 1.92. The molecule has 0 bridgehead atoms. The molecule has 0 aliphatic carbocycles. The van der Waals surface area contributed by atoms with E-state index in [1.807, 2.05) is 26.0 Å². The van der Waals surface area contributed by atoms with Gasteiger partial charge in [0.05, 0.1) is 5.75 Å². The highest BCUT2D eigenvalue weighted by Crippen LogP contribution is 2.24. The molecule has 1 aromatic carbocycles. The van der Waals surface area contributed by atoms with Crippen molar-refractivity contribution in [2.75, 3.05) is 17.6 Å². The number of sulfonamides is 1. The van der Waals surface area contributed by atoms with Crippen LogP contribution in [0.3, 0.4) is 0 Å². The molecule has 2 heterocycles. The van der Waals surface area contributed by atoms with E-state index in [0.29, 0.717) is 37.3 Å². The van der Waals surface area contributed by atoms with Gasteiger partial charge in [0.15, 0.2) is 5.82 Å². The fraction of sp³-hybridized carbons (Fsp3) is 0.471. The second kappa shape index (κ2) is 7.55. The largest absolute Gasteiger partial charge is 0.325 e. The maximum atomic E-state index is 12.6. The number of aryl methyl sites for hydroxylation is 1. The van der Waals surface area contributed by atoms with Crippen molar-refractivity contribution in [3.63, 3.8) is 0 Å². The number of benzene rings is 1. The van der Waals surface area contributed by atoms with Gasteiger partial charge in [0, 0.05) is 17.8 Å². The van der Waals surface area contributed by atoms with E-state index in [-0.39, 0.29) is 11.7 Å². The van der Waals surface area contributed by atoms with Crippen LogP contribution in [-0.2, 0) is 14.8 Å². The van der Waals surface area contributed by atoms with Crippen LogP contribution in [0.15, 0.2) is 24.3 Å². The first-order valence-electron chi connectivity index (χ1n) is 8.70. The lowest BCUT2D eigenvalue weighted by Gasteiger charge is -2.23. The van der Waals surface area contributed by atoms with Gasteiger partial charge in [-0.3, -0.25) is 9.89 Å². The van der Waals surface area contributed by atoms with E-state index in [2.05, 4.69) is 20.5 Å². The summed E-state index contributed by atoms with van der Waals surface area (Å²) in [4.78, 5) is 16.8. The van der Waals surface area contributed by atoms with Crippen LogP contribution in [0.4, 0.5) is 5.69 Å². The Morgan fingerprint density at radius 1 is 1.35 bits per heavy atom. The Bertz CT molecular complexity index is 876. The van der Waals surface area contributed by atoms with Crippen molar-refractivity contribution in [1.29, 1.82) is 0 Å². The molecule has 0 radical (unpaired) electrons. The number of amides is 1. The molecule has 1 aliphatic rings. The Balaban J connectivity index is 1.69.